The minimum Gasteiger partial charge on any atom is -0.465 e. The van der Waals surface area contributed by atoms with Crippen LogP contribution in [0.2, 0.25) is 0 Å². The number of nitrogens with zero attached hydrogens (tertiary/aromatic N) is 3. The molecular formula is C18H23N3OS. The van der Waals surface area contributed by atoms with Crippen LogP contribution in [0.15, 0.2) is 24.3 Å². The van der Waals surface area contributed by atoms with Gasteiger partial charge in [-0.05, 0) is 44.7 Å². The summed E-state index contributed by atoms with van der Waals surface area (Å²) in [4.78, 5) is 2.53. The quantitative estimate of drug-likeness (QED) is 0.856. The largest absolute Gasteiger partial charge is 0.465 e. The van der Waals surface area contributed by atoms with Gasteiger partial charge in [0.15, 0.2) is 5.01 Å². The molecule has 0 saturated carbocycles. The third-order valence-corrected chi connectivity index (χ3v) is 6.20. The fraction of sp³-hybridized carbons (Fsp3) is 0.556. The van der Waals surface area contributed by atoms with Crippen LogP contribution < -0.4 is 4.74 Å². The molecule has 2 aliphatic rings. The average Bonchev–Trinajstić information content (AvgIpc) is 3.09. The number of hydrogen-bond acceptors (Lipinski definition) is 5. The highest BCUT2D eigenvalue weighted by atomic mass is 32.1. The van der Waals surface area contributed by atoms with Crippen molar-refractivity contribution in [2.75, 3.05) is 7.05 Å². The molecule has 0 spiro atoms. The van der Waals surface area contributed by atoms with E-state index in [1.165, 1.54) is 18.4 Å². The second kappa shape index (κ2) is 6.21. The molecule has 0 aliphatic carbocycles. The van der Waals surface area contributed by atoms with E-state index in [0.29, 0.717) is 23.4 Å². The van der Waals surface area contributed by atoms with E-state index >= 15 is 0 Å². The summed E-state index contributed by atoms with van der Waals surface area (Å²) < 4.78 is 6.15. The van der Waals surface area contributed by atoms with E-state index in [0.717, 1.165) is 29.8 Å². The Morgan fingerprint density at radius 3 is 2.48 bits per heavy atom. The fourth-order valence-electron chi connectivity index (χ4n) is 3.86. The van der Waals surface area contributed by atoms with Crippen LogP contribution in [0.3, 0.4) is 0 Å². The van der Waals surface area contributed by atoms with Crippen LogP contribution in [-0.4, -0.2) is 40.3 Å². The molecule has 1 aromatic heterocycles. The predicted octanol–water partition coefficient (Wildman–Crippen LogP) is 3.77. The molecule has 0 radical (unpaired) electrons. The summed E-state index contributed by atoms with van der Waals surface area (Å²) in [5.41, 5.74) is 2.47. The van der Waals surface area contributed by atoms with Gasteiger partial charge in [0.05, 0.1) is 0 Å². The second-order valence-corrected chi connectivity index (χ2v) is 7.63. The lowest BCUT2D eigenvalue weighted by Gasteiger charge is -2.35. The van der Waals surface area contributed by atoms with Crippen molar-refractivity contribution in [3.05, 3.63) is 29.8 Å². The Kier molecular flexibility index (Phi) is 4.07. The highest BCUT2D eigenvalue weighted by Crippen LogP contribution is 2.37. The first-order valence-electron chi connectivity index (χ1n) is 8.54. The van der Waals surface area contributed by atoms with Crippen molar-refractivity contribution in [1.29, 1.82) is 0 Å². The lowest BCUT2D eigenvalue weighted by molar-refractivity contribution is 0.0655. The zero-order valence-electron chi connectivity index (χ0n) is 13.7. The average molecular weight is 329 g/mol. The monoisotopic (exact) mass is 329 g/mol. The van der Waals surface area contributed by atoms with Crippen LogP contribution in [0, 0.1) is 0 Å². The maximum atomic E-state index is 6.15. The van der Waals surface area contributed by atoms with Gasteiger partial charge in [-0.3, -0.25) is 0 Å². The Morgan fingerprint density at radius 1 is 1.13 bits per heavy atom. The van der Waals surface area contributed by atoms with E-state index in [1.54, 1.807) is 11.3 Å². The highest BCUT2D eigenvalue weighted by molar-refractivity contribution is 7.16. The first-order chi connectivity index (χ1) is 11.2. The molecule has 3 heterocycles. The SMILES string of the molecule is CCc1ccc(-c2nnc(OC3CC4CCC(C3)N4C)s2)cc1. The van der Waals surface area contributed by atoms with E-state index in [1.807, 2.05) is 0 Å². The number of aryl methyl sites for hydroxylation is 1. The summed E-state index contributed by atoms with van der Waals surface area (Å²) in [5, 5.41) is 10.2. The number of benzene rings is 1. The van der Waals surface area contributed by atoms with Crippen LogP contribution in [0.25, 0.3) is 10.6 Å². The number of piperidine rings is 1. The molecule has 0 amide bonds. The molecule has 23 heavy (non-hydrogen) atoms. The summed E-state index contributed by atoms with van der Waals surface area (Å²) in [7, 11) is 2.25. The van der Waals surface area contributed by atoms with Gasteiger partial charge in [0.25, 0.3) is 5.19 Å². The molecule has 4 nitrogen and oxygen atoms in total. The molecule has 4 rings (SSSR count). The van der Waals surface area contributed by atoms with Crippen molar-refractivity contribution in [2.24, 2.45) is 0 Å². The van der Waals surface area contributed by atoms with E-state index < -0.39 is 0 Å². The van der Waals surface area contributed by atoms with Gasteiger partial charge in [-0.2, -0.15) is 0 Å². The zero-order valence-corrected chi connectivity index (χ0v) is 14.6. The first kappa shape index (κ1) is 15.1. The summed E-state index contributed by atoms with van der Waals surface area (Å²) in [5.74, 6) is 0. The van der Waals surface area contributed by atoms with Gasteiger partial charge in [-0.25, -0.2) is 0 Å². The molecule has 122 valence electrons. The number of rotatable bonds is 4. The molecule has 2 bridgehead atoms. The minimum atomic E-state index is 0.298. The molecule has 1 aromatic carbocycles. The summed E-state index contributed by atoms with van der Waals surface area (Å²) in [6.07, 6.45) is 6.22. The normalized spacial score (nSPS) is 27.3. The Balaban J connectivity index is 1.44. The van der Waals surface area contributed by atoms with Crippen LogP contribution in [0.4, 0.5) is 0 Å². The van der Waals surface area contributed by atoms with Gasteiger partial charge in [0.1, 0.15) is 6.10 Å². The molecule has 0 N–H and O–H groups in total. The Hall–Kier alpha value is -1.46. The van der Waals surface area contributed by atoms with Crippen LogP contribution in [0.5, 0.6) is 5.19 Å². The van der Waals surface area contributed by atoms with Crippen LogP contribution >= 0.6 is 11.3 Å². The predicted molar refractivity (Wildman–Crippen MR) is 92.9 cm³/mol. The third kappa shape index (κ3) is 3.00. The van der Waals surface area contributed by atoms with Crippen molar-refractivity contribution in [3.8, 4) is 15.8 Å². The topological polar surface area (TPSA) is 38.3 Å². The standard InChI is InChI=1S/C18H23N3OS/c1-3-12-4-6-13(7-5-12)17-19-20-18(23-17)22-16-10-14-8-9-15(11-16)21(14)2/h4-7,14-16H,3,8-11H2,1-2H3. The molecular weight excluding hydrogens is 306 g/mol. The molecule has 2 unspecified atom stereocenters. The lowest BCUT2D eigenvalue weighted by atomic mass is 10.0. The Morgan fingerprint density at radius 2 is 1.83 bits per heavy atom. The molecule has 5 heteroatoms. The minimum absolute atomic E-state index is 0.298. The molecule has 2 saturated heterocycles. The molecule has 2 aliphatic heterocycles. The molecule has 2 fully saturated rings. The molecule has 2 atom stereocenters. The zero-order chi connectivity index (χ0) is 15.8. The Labute approximate surface area is 141 Å². The van der Waals surface area contributed by atoms with Crippen LogP contribution in [-0.2, 0) is 6.42 Å². The van der Waals surface area contributed by atoms with Crippen molar-refractivity contribution >= 4 is 11.3 Å². The van der Waals surface area contributed by atoms with Gasteiger partial charge < -0.3 is 9.64 Å². The van der Waals surface area contributed by atoms with Crippen molar-refractivity contribution in [2.45, 2.75) is 57.2 Å². The van der Waals surface area contributed by atoms with Crippen molar-refractivity contribution in [1.82, 2.24) is 15.1 Å². The number of aromatic nitrogens is 2. The number of ether oxygens (including phenoxy) is 1. The first-order valence-corrected chi connectivity index (χ1v) is 9.36. The van der Waals surface area contributed by atoms with Crippen molar-refractivity contribution < 1.29 is 4.74 Å². The highest BCUT2D eigenvalue weighted by Gasteiger charge is 2.39. The van der Waals surface area contributed by atoms with Gasteiger partial charge >= 0.3 is 0 Å². The fourth-order valence-corrected chi connectivity index (χ4v) is 4.62. The van der Waals surface area contributed by atoms with Gasteiger partial charge in [-0.1, -0.05) is 47.6 Å². The second-order valence-electron chi connectivity index (χ2n) is 6.69. The summed E-state index contributed by atoms with van der Waals surface area (Å²) >= 11 is 1.56. The molecule has 2 aromatic rings. The van der Waals surface area contributed by atoms with E-state index in [4.69, 9.17) is 4.74 Å². The van der Waals surface area contributed by atoms with E-state index in [9.17, 15) is 0 Å². The van der Waals surface area contributed by atoms with E-state index in [2.05, 4.69) is 53.3 Å². The van der Waals surface area contributed by atoms with E-state index in [-0.39, 0.29) is 0 Å². The number of fused-ring (bicyclic) bond motifs is 2. The van der Waals surface area contributed by atoms with Gasteiger partial charge in [0.2, 0.25) is 0 Å². The van der Waals surface area contributed by atoms with Gasteiger partial charge in [0, 0.05) is 17.6 Å². The smallest absolute Gasteiger partial charge is 0.294 e. The maximum Gasteiger partial charge on any atom is 0.294 e. The van der Waals surface area contributed by atoms with Gasteiger partial charge in [-0.15, -0.1) is 5.10 Å². The Bertz CT molecular complexity index is 655. The van der Waals surface area contributed by atoms with Crippen molar-refractivity contribution in [3.63, 3.8) is 0 Å². The number of hydrogen-bond donors (Lipinski definition) is 0. The maximum absolute atomic E-state index is 6.15. The lowest BCUT2D eigenvalue weighted by Crippen LogP contribution is -2.43. The summed E-state index contributed by atoms with van der Waals surface area (Å²) in [6, 6.07) is 9.94. The third-order valence-electron chi connectivity index (χ3n) is 5.34. The van der Waals surface area contributed by atoms with Crippen LogP contribution in [0.1, 0.15) is 38.2 Å². The summed E-state index contributed by atoms with van der Waals surface area (Å²) in [6.45, 7) is 2.17.